The molecule has 2 bridgehead atoms. The molecule has 5 heteroatoms. The van der Waals surface area contributed by atoms with E-state index in [-0.39, 0.29) is 11.5 Å². The van der Waals surface area contributed by atoms with Gasteiger partial charge in [-0.05, 0) is 39.2 Å². The molecule has 0 saturated heterocycles. The number of hydrogen-bond donors (Lipinski definition) is 2. The Bertz CT molecular complexity index is 819. The fourth-order valence-corrected chi connectivity index (χ4v) is 2.94. The molecule has 4 aromatic carbocycles. The maximum atomic E-state index is 11.4. The predicted octanol–water partition coefficient (Wildman–Crippen LogP) is 1.57. The van der Waals surface area contributed by atoms with Gasteiger partial charge in [0, 0.05) is 0 Å². The van der Waals surface area contributed by atoms with E-state index in [1.165, 1.54) is 6.07 Å². The van der Waals surface area contributed by atoms with Gasteiger partial charge in [-0.25, -0.2) is 13.6 Å². The molecular weight excluding hydrogens is 250 g/mol. The van der Waals surface area contributed by atoms with Gasteiger partial charge in [-0.15, -0.1) is 0 Å². The Morgan fingerprint density at radius 1 is 1.06 bits per heavy atom. The van der Waals surface area contributed by atoms with Crippen LogP contribution >= 0.6 is 0 Å². The molecule has 0 aliphatic heterocycles. The minimum absolute atomic E-state index is 0.0350. The lowest BCUT2D eigenvalue weighted by Crippen LogP contribution is -2.12. The predicted molar refractivity (Wildman–Crippen MR) is 69.9 cm³/mol. The Kier molecular flexibility index (Phi) is 2.31. The Hall–Kier alpha value is -1.69. The van der Waals surface area contributed by atoms with Crippen LogP contribution in [0.15, 0.2) is 41.3 Å². The second-order valence-electron chi connectivity index (χ2n) is 4.29. The molecule has 0 aliphatic carbocycles. The molecule has 0 aromatic heterocycles. The molecule has 0 radical (unpaired) electrons. The highest BCUT2D eigenvalue weighted by atomic mass is 32.2. The van der Waals surface area contributed by atoms with E-state index < -0.39 is 10.0 Å². The molecule has 0 aliphatic rings. The molecule has 18 heavy (non-hydrogen) atoms. The number of aliphatic hydroxyl groups is 1. The summed E-state index contributed by atoms with van der Waals surface area (Å²) in [6.45, 7) is -0.218. The van der Waals surface area contributed by atoms with Crippen molar-refractivity contribution in [1.82, 2.24) is 0 Å². The lowest BCUT2D eigenvalue weighted by Gasteiger charge is -2.12. The Morgan fingerprint density at radius 2 is 1.67 bits per heavy atom. The number of primary sulfonamides is 1. The first-order chi connectivity index (χ1) is 8.50. The highest BCUT2D eigenvalue weighted by Crippen LogP contribution is 2.32. The average Bonchev–Trinajstić information content (AvgIpc) is 2.37. The van der Waals surface area contributed by atoms with Gasteiger partial charge < -0.3 is 5.11 Å². The molecule has 0 atom stereocenters. The quantitative estimate of drug-likeness (QED) is 0.734. The fraction of sp³-hybridized carbons (Fsp3) is 0.0769. The molecule has 0 heterocycles. The van der Waals surface area contributed by atoms with Gasteiger partial charge in [-0.2, -0.15) is 0 Å². The fourth-order valence-electron chi connectivity index (χ4n) is 2.35. The highest BCUT2D eigenvalue weighted by Gasteiger charge is 2.14. The van der Waals surface area contributed by atoms with E-state index in [0.717, 1.165) is 21.5 Å². The third-order valence-electron chi connectivity index (χ3n) is 3.18. The van der Waals surface area contributed by atoms with Gasteiger partial charge in [0.15, 0.2) is 0 Å². The van der Waals surface area contributed by atoms with E-state index >= 15 is 0 Å². The van der Waals surface area contributed by atoms with E-state index in [4.69, 9.17) is 5.14 Å². The third-order valence-corrected chi connectivity index (χ3v) is 4.07. The van der Waals surface area contributed by atoms with Crippen LogP contribution < -0.4 is 5.14 Å². The van der Waals surface area contributed by atoms with Crippen molar-refractivity contribution in [2.24, 2.45) is 5.14 Å². The monoisotopic (exact) mass is 261 g/mol. The smallest absolute Gasteiger partial charge is 0.238 e. The van der Waals surface area contributed by atoms with Crippen molar-refractivity contribution in [2.75, 3.05) is 0 Å². The number of aliphatic hydroxyl groups excluding tert-OH is 1. The lowest BCUT2D eigenvalue weighted by molar-refractivity contribution is 0.283. The first kappa shape index (κ1) is 11.4. The second kappa shape index (κ2) is 3.65. The molecule has 0 unspecified atom stereocenters. The van der Waals surface area contributed by atoms with E-state index in [9.17, 15) is 13.5 Å². The molecule has 0 fully saturated rings. The van der Waals surface area contributed by atoms with Crippen molar-refractivity contribution >= 4 is 31.6 Å². The van der Waals surface area contributed by atoms with Crippen LogP contribution in [0, 0.1) is 0 Å². The second-order valence-corrected chi connectivity index (χ2v) is 5.85. The molecule has 4 nitrogen and oxygen atoms in total. The number of fused-ring (bicyclic) bond motifs is 2. The van der Waals surface area contributed by atoms with Gasteiger partial charge in [0.1, 0.15) is 0 Å². The molecule has 4 aromatic rings. The summed E-state index contributed by atoms with van der Waals surface area (Å²) >= 11 is 0. The zero-order chi connectivity index (χ0) is 12.9. The largest absolute Gasteiger partial charge is 0.392 e. The Morgan fingerprint density at radius 3 is 2.22 bits per heavy atom. The normalized spacial score (nSPS) is 12.6. The van der Waals surface area contributed by atoms with Crippen molar-refractivity contribution in [3.63, 3.8) is 0 Å². The Labute approximate surface area is 104 Å². The summed E-state index contributed by atoms with van der Waals surface area (Å²) in [7, 11) is -3.77. The Balaban J connectivity index is 2.53. The molecular formula is C13H11NO3S. The minimum atomic E-state index is -3.77. The van der Waals surface area contributed by atoms with Crippen LogP contribution in [0.5, 0.6) is 0 Å². The SMILES string of the molecule is NS(=O)(=O)c1cc(CO)c2c3ccc(cc3)c2c1. The average molecular weight is 261 g/mol. The van der Waals surface area contributed by atoms with Crippen molar-refractivity contribution in [1.29, 1.82) is 0 Å². The van der Waals surface area contributed by atoms with Crippen LogP contribution in [0.4, 0.5) is 0 Å². The zero-order valence-electron chi connectivity index (χ0n) is 9.42. The minimum Gasteiger partial charge on any atom is -0.392 e. The topological polar surface area (TPSA) is 80.4 Å². The lowest BCUT2D eigenvalue weighted by atomic mass is 9.96. The maximum Gasteiger partial charge on any atom is 0.238 e. The molecule has 0 amide bonds. The van der Waals surface area contributed by atoms with Crippen molar-refractivity contribution in [3.8, 4) is 0 Å². The first-order valence-electron chi connectivity index (χ1n) is 5.42. The summed E-state index contributed by atoms with van der Waals surface area (Å²) in [6, 6.07) is 10.7. The molecule has 92 valence electrons. The molecule has 0 saturated carbocycles. The molecule has 0 spiro atoms. The van der Waals surface area contributed by atoms with Crippen molar-refractivity contribution < 1.29 is 13.5 Å². The van der Waals surface area contributed by atoms with E-state index in [1.54, 1.807) is 6.07 Å². The van der Waals surface area contributed by atoms with Gasteiger partial charge in [-0.1, -0.05) is 24.3 Å². The van der Waals surface area contributed by atoms with Gasteiger partial charge in [0.05, 0.1) is 11.5 Å². The van der Waals surface area contributed by atoms with Gasteiger partial charge in [-0.3, -0.25) is 0 Å². The number of hydrogen-bond acceptors (Lipinski definition) is 3. The summed E-state index contributed by atoms with van der Waals surface area (Å²) in [6.07, 6.45) is 0. The van der Waals surface area contributed by atoms with Crippen LogP contribution in [0.2, 0.25) is 0 Å². The molecule has 3 N–H and O–H groups in total. The first-order valence-corrected chi connectivity index (χ1v) is 6.97. The van der Waals surface area contributed by atoms with Crippen LogP contribution in [0.3, 0.4) is 0 Å². The number of benzene rings is 4. The molecule has 4 rings (SSSR count). The van der Waals surface area contributed by atoms with Crippen LogP contribution in [0.25, 0.3) is 21.5 Å². The summed E-state index contributed by atoms with van der Waals surface area (Å²) in [4.78, 5) is 0.0350. The van der Waals surface area contributed by atoms with E-state index in [1.807, 2.05) is 24.3 Å². The van der Waals surface area contributed by atoms with Gasteiger partial charge >= 0.3 is 0 Å². The van der Waals surface area contributed by atoms with Crippen molar-refractivity contribution in [2.45, 2.75) is 11.5 Å². The van der Waals surface area contributed by atoms with E-state index in [0.29, 0.717) is 5.56 Å². The van der Waals surface area contributed by atoms with E-state index in [2.05, 4.69) is 0 Å². The number of rotatable bonds is 2. The maximum absolute atomic E-state index is 11.4. The number of nitrogens with two attached hydrogens (primary N) is 1. The standard InChI is InChI=1S/C13H11NO3S/c14-18(16,17)11-5-10(7-15)13-9-3-1-8(2-4-9)12(13)6-11/h1-6,15H,7H2,(H2,14,16,17). The van der Waals surface area contributed by atoms with Gasteiger partial charge in [0.25, 0.3) is 0 Å². The van der Waals surface area contributed by atoms with Gasteiger partial charge in [0.2, 0.25) is 10.0 Å². The summed E-state index contributed by atoms with van der Waals surface area (Å²) < 4.78 is 22.9. The van der Waals surface area contributed by atoms with Crippen LogP contribution in [-0.4, -0.2) is 13.5 Å². The number of sulfonamides is 1. The third kappa shape index (κ3) is 1.56. The highest BCUT2D eigenvalue weighted by molar-refractivity contribution is 7.89. The summed E-state index contributed by atoms with van der Waals surface area (Å²) in [5, 5.41) is 18.2. The van der Waals surface area contributed by atoms with Crippen LogP contribution in [-0.2, 0) is 16.6 Å². The summed E-state index contributed by atoms with van der Waals surface area (Å²) in [5.74, 6) is 0. The van der Waals surface area contributed by atoms with Crippen molar-refractivity contribution in [3.05, 3.63) is 42.0 Å². The zero-order valence-corrected chi connectivity index (χ0v) is 10.2. The summed E-state index contributed by atoms with van der Waals surface area (Å²) in [5.41, 5.74) is 0.581. The van der Waals surface area contributed by atoms with Crippen LogP contribution in [0.1, 0.15) is 5.56 Å².